The minimum absolute atomic E-state index is 0.0107. The minimum atomic E-state index is -0.300. The van der Waals surface area contributed by atoms with Crippen molar-refractivity contribution in [3.8, 4) is 0 Å². The zero-order chi connectivity index (χ0) is 25.3. The van der Waals surface area contributed by atoms with Gasteiger partial charge in [0, 0.05) is 45.8 Å². The van der Waals surface area contributed by atoms with Crippen LogP contribution < -0.4 is 5.32 Å². The lowest BCUT2D eigenvalue weighted by Crippen LogP contribution is -2.67. The third kappa shape index (κ3) is 5.96. The molecule has 200 valence electrons. The van der Waals surface area contributed by atoms with Crippen molar-refractivity contribution in [2.45, 2.75) is 109 Å². The molecule has 35 heavy (non-hydrogen) atoms. The first-order valence-electron chi connectivity index (χ1n) is 14.0. The van der Waals surface area contributed by atoms with Crippen LogP contribution in [0.5, 0.6) is 0 Å². The highest BCUT2D eigenvalue weighted by Crippen LogP contribution is 2.41. The number of ether oxygens (including phenoxy) is 2. The maximum absolute atomic E-state index is 13.6. The van der Waals surface area contributed by atoms with E-state index in [0.717, 1.165) is 51.2 Å². The summed E-state index contributed by atoms with van der Waals surface area (Å²) in [6.07, 6.45) is 6.79. The maximum atomic E-state index is 13.6. The summed E-state index contributed by atoms with van der Waals surface area (Å²) in [5.74, 6) is 1.71. The molecule has 2 saturated carbocycles. The summed E-state index contributed by atoms with van der Waals surface area (Å²) in [6, 6.07) is 0.829. The van der Waals surface area contributed by atoms with Gasteiger partial charge in [-0.15, -0.1) is 0 Å². The van der Waals surface area contributed by atoms with E-state index in [1.807, 2.05) is 9.80 Å². The summed E-state index contributed by atoms with van der Waals surface area (Å²) < 4.78 is 11.7. The molecule has 1 N–H and O–H groups in total. The largest absolute Gasteiger partial charge is 0.442 e. The molecule has 2 aliphatic heterocycles. The molecule has 4 rings (SSSR count). The maximum Gasteiger partial charge on any atom is 0.410 e. The van der Waals surface area contributed by atoms with Gasteiger partial charge in [0.2, 0.25) is 5.91 Å². The summed E-state index contributed by atoms with van der Waals surface area (Å²) in [6.45, 7) is 10.7. The fourth-order valence-electron chi connectivity index (χ4n) is 7.08. The van der Waals surface area contributed by atoms with Crippen LogP contribution in [-0.2, 0) is 14.3 Å². The average molecular weight is 493 g/mol. The molecule has 2 amide bonds. The summed E-state index contributed by atoms with van der Waals surface area (Å²) in [4.78, 5) is 32.8. The van der Waals surface area contributed by atoms with Gasteiger partial charge in [-0.25, -0.2) is 4.79 Å². The molecule has 0 radical (unpaired) electrons. The van der Waals surface area contributed by atoms with Crippen LogP contribution in [-0.4, -0.2) is 97.0 Å². The molecule has 8 heteroatoms. The van der Waals surface area contributed by atoms with E-state index in [4.69, 9.17) is 9.47 Å². The lowest BCUT2D eigenvalue weighted by atomic mass is 9.72. The Morgan fingerprint density at radius 1 is 1.11 bits per heavy atom. The number of hydrogen-bond acceptors (Lipinski definition) is 6. The Kier molecular flexibility index (Phi) is 8.65. The van der Waals surface area contributed by atoms with Gasteiger partial charge in [-0.1, -0.05) is 20.3 Å². The van der Waals surface area contributed by atoms with Crippen LogP contribution in [0.15, 0.2) is 0 Å². The Balaban J connectivity index is 1.50. The number of carbonyl (C=O) groups is 2. The smallest absolute Gasteiger partial charge is 0.410 e. The standard InChI is InChI=1S/C27H48N4O4/c1-7-20(16-29(5)22-9-10-22)21-8-11-23-24(13-21)30(15-18(3)31(23)19(4)32)27(33)35-25-12-17(2)14-28-26(25)34-6/h17-18,20-26,28H,7-16H2,1-6H3/t17?,18-,20?,21?,23?,24?,25?,26?/m0/s1. The molecular weight excluding hydrogens is 444 g/mol. The molecule has 8 atom stereocenters. The molecule has 0 bridgehead atoms. The van der Waals surface area contributed by atoms with Crippen LogP contribution >= 0.6 is 0 Å². The second-order valence-electron chi connectivity index (χ2n) is 11.8. The molecule has 2 aliphatic carbocycles. The third-order valence-electron chi connectivity index (χ3n) is 9.14. The first-order chi connectivity index (χ1) is 16.7. The molecule has 4 fully saturated rings. The van der Waals surface area contributed by atoms with E-state index in [1.165, 1.54) is 12.8 Å². The van der Waals surface area contributed by atoms with Crippen molar-refractivity contribution in [1.29, 1.82) is 0 Å². The number of piperidine rings is 1. The fourth-order valence-corrected chi connectivity index (χ4v) is 7.08. The number of fused-ring (bicyclic) bond motifs is 1. The van der Waals surface area contributed by atoms with E-state index in [2.05, 4.69) is 38.0 Å². The van der Waals surface area contributed by atoms with E-state index in [-0.39, 0.29) is 42.5 Å². The fraction of sp³-hybridized carbons (Fsp3) is 0.926. The minimum Gasteiger partial charge on any atom is -0.442 e. The Morgan fingerprint density at radius 2 is 1.86 bits per heavy atom. The summed E-state index contributed by atoms with van der Waals surface area (Å²) in [5, 5.41) is 3.35. The Bertz CT molecular complexity index is 747. The molecule has 0 spiro atoms. The molecular formula is C27H48N4O4. The Labute approximate surface area is 212 Å². The lowest BCUT2D eigenvalue weighted by Gasteiger charge is -2.54. The average Bonchev–Trinajstić information content (AvgIpc) is 3.67. The van der Waals surface area contributed by atoms with Crippen LogP contribution in [0.1, 0.15) is 72.6 Å². The number of piperazine rings is 1. The van der Waals surface area contributed by atoms with E-state index < -0.39 is 0 Å². The number of amides is 2. The lowest BCUT2D eigenvalue weighted by molar-refractivity contribution is -0.144. The molecule has 0 aromatic heterocycles. The topological polar surface area (TPSA) is 74.4 Å². The highest BCUT2D eigenvalue weighted by molar-refractivity contribution is 5.75. The Hall–Kier alpha value is -1.38. The predicted octanol–water partition coefficient (Wildman–Crippen LogP) is 3.30. The number of hydrogen-bond donors (Lipinski definition) is 1. The van der Waals surface area contributed by atoms with Crippen LogP contribution in [0, 0.1) is 17.8 Å². The van der Waals surface area contributed by atoms with Gasteiger partial charge in [-0.3, -0.25) is 10.1 Å². The van der Waals surface area contributed by atoms with Gasteiger partial charge in [0.15, 0.2) is 0 Å². The van der Waals surface area contributed by atoms with Crippen LogP contribution in [0.4, 0.5) is 4.79 Å². The van der Waals surface area contributed by atoms with E-state index in [0.29, 0.717) is 24.3 Å². The van der Waals surface area contributed by atoms with Crippen molar-refractivity contribution in [1.82, 2.24) is 20.0 Å². The van der Waals surface area contributed by atoms with Crippen LogP contribution in [0.25, 0.3) is 0 Å². The van der Waals surface area contributed by atoms with Gasteiger partial charge in [0.1, 0.15) is 12.3 Å². The van der Waals surface area contributed by atoms with Gasteiger partial charge < -0.3 is 24.2 Å². The first-order valence-corrected chi connectivity index (χ1v) is 14.0. The highest BCUT2D eigenvalue weighted by atomic mass is 16.6. The van der Waals surface area contributed by atoms with Crippen LogP contribution in [0.3, 0.4) is 0 Å². The van der Waals surface area contributed by atoms with Crippen molar-refractivity contribution < 1.29 is 19.1 Å². The van der Waals surface area contributed by atoms with Crippen molar-refractivity contribution in [3.63, 3.8) is 0 Å². The molecule has 0 aromatic carbocycles. The second kappa shape index (κ2) is 11.3. The molecule has 2 saturated heterocycles. The quantitative estimate of drug-likeness (QED) is 0.588. The second-order valence-corrected chi connectivity index (χ2v) is 11.8. The number of nitrogens with one attached hydrogen (secondary N) is 1. The summed E-state index contributed by atoms with van der Waals surface area (Å²) in [5.41, 5.74) is 0. The monoisotopic (exact) mass is 492 g/mol. The normalized spacial score (nSPS) is 36.6. The van der Waals surface area contributed by atoms with Gasteiger partial charge in [0.05, 0.1) is 12.1 Å². The van der Waals surface area contributed by atoms with E-state index in [9.17, 15) is 9.59 Å². The third-order valence-corrected chi connectivity index (χ3v) is 9.14. The SMILES string of the molecule is CCC(CN(C)C1CC1)C1CCC2C(C1)N(C(=O)OC1CC(C)CNC1OC)C[C@H](C)N2C(C)=O. The van der Waals surface area contributed by atoms with E-state index in [1.54, 1.807) is 14.0 Å². The van der Waals surface area contributed by atoms with E-state index >= 15 is 0 Å². The van der Waals surface area contributed by atoms with Crippen molar-refractivity contribution >= 4 is 12.0 Å². The van der Waals surface area contributed by atoms with Gasteiger partial charge >= 0.3 is 6.09 Å². The summed E-state index contributed by atoms with van der Waals surface area (Å²) >= 11 is 0. The first kappa shape index (κ1) is 26.7. The summed E-state index contributed by atoms with van der Waals surface area (Å²) in [7, 11) is 3.92. The number of nitrogens with zero attached hydrogens (tertiary/aromatic N) is 3. The zero-order valence-corrected chi connectivity index (χ0v) is 22.7. The molecule has 4 aliphatic rings. The molecule has 2 heterocycles. The van der Waals surface area contributed by atoms with Crippen molar-refractivity contribution in [2.75, 3.05) is 33.8 Å². The molecule has 7 unspecified atom stereocenters. The number of rotatable bonds is 7. The van der Waals surface area contributed by atoms with Crippen LogP contribution in [0.2, 0.25) is 0 Å². The molecule has 8 nitrogen and oxygen atoms in total. The molecule has 0 aromatic rings. The van der Waals surface area contributed by atoms with Gasteiger partial charge in [-0.05, 0) is 70.3 Å². The number of methoxy groups -OCH3 is 1. The predicted molar refractivity (Wildman–Crippen MR) is 136 cm³/mol. The van der Waals surface area contributed by atoms with Crippen molar-refractivity contribution in [3.05, 3.63) is 0 Å². The Morgan fingerprint density at radius 3 is 2.49 bits per heavy atom. The number of carbonyl (C=O) groups excluding carboxylic acids is 2. The van der Waals surface area contributed by atoms with Gasteiger partial charge in [0.25, 0.3) is 0 Å². The van der Waals surface area contributed by atoms with Crippen molar-refractivity contribution in [2.24, 2.45) is 17.8 Å². The zero-order valence-electron chi connectivity index (χ0n) is 22.7. The highest BCUT2D eigenvalue weighted by Gasteiger charge is 2.48. The van der Waals surface area contributed by atoms with Gasteiger partial charge in [-0.2, -0.15) is 0 Å².